The summed E-state index contributed by atoms with van der Waals surface area (Å²) in [5.41, 5.74) is 6.48. The molecule has 2 nitrogen and oxygen atoms in total. The van der Waals surface area contributed by atoms with Gasteiger partial charge in [0.2, 0.25) is 0 Å². The first-order valence-corrected chi connectivity index (χ1v) is 7.48. The van der Waals surface area contributed by atoms with E-state index in [1.165, 1.54) is 51.6 Å². The number of hydrogen-bond donors (Lipinski definition) is 1. The lowest BCUT2D eigenvalue weighted by molar-refractivity contribution is 0.0277. The molecule has 1 saturated carbocycles. The Morgan fingerprint density at radius 1 is 0.941 bits per heavy atom. The number of rotatable bonds is 1. The summed E-state index contributed by atoms with van der Waals surface area (Å²) < 4.78 is 0. The quantitative estimate of drug-likeness (QED) is 0.761. The molecule has 0 bridgehead atoms. The van der Waals surface area contributed by atoms with E-state index in [0.717, 1.165) is 12.0 Å². The monoisotopic (exact) mass is 238 g/mol. The average molecular weight is 238 g/mol. The summed E-state index contributed by atoms with van der Waals surface area (Å²) in [5, 5.41) is 0. The van der Waals surface area contributed by atoms with Gasteiger partial charge in [-0.2, -0.15) is 0 Å². The Balaban J connectivity index is 2.01. The summed E-state index contributed by atoms with van der Waals surface area (Å²) in [6.07, 6.45) is 8.11. The van der Waals surface area contributed by atoms with Crippen LogP contribution in [0.15, 0.2) is 0 Å². The van der Waals surface area contributed by atoms with Crippen LogP contribution in [-0.4, -0.2) is 30.1 Å². The zero-order valence-electron chi connectivity index (χ0n) is 11.9. The molecule has 100 valence electrons. The van der Waals surface area contributed by atoms with Crippen LogP contribution in [0.25, 0.3) is 0 Å². The largest absolute Gasteiger partial charge is 0.328 e. The Hall–Kier alpha value is -0.0800. The van der Waals surface area contributed by atoms with Gasteiger partial charge >= 0.3 is 0 Å². The number of nitrogens with two attached hydrogens (primary N) is 1. The molecule has 2 heteroatoms. The van der Waals surface area contributed by atoms with Crippen molar-refractivity contribution >= 4 is 0 Å². The van der Waals surface area contributed by atoms with Crippen molar-refractivity contribution in [2.45, 2.75) is 71.4 Å². The van der Waals surface area contributed by atoms with Crippen LogP contribution in [0.5, 0.6) is 0 Å². The molecule has 2 rings (SSSR count). The summed E-state index contributed by atoms with van der Waals surface area (Å²) in [5.74, 6) is 0.880. The molecule has 0 aromatic rings. The lowest BCUT2D eigenvalue weighted by atomic mass is 9.69. The first-order valence-electron chi connectivity index (χ1n) is 7.48. The van der Waals surface area contributed by atoms with Crippen molar-refractivity contribution in [3.8, 4) is 0 Å². The molecule has 1 saturated heterocycles. The van der Waals surface area contributed by atoms with Gasteiger partial charge < -0.3 is 5.73 Å². The maximum absolute atomic E-state index is 6.02. The van der Waals surface area contributed by atoms with Crippen molar-refractivity contribution in [1.82, 2.24) is 4.90 Å². The molecule has 2 atom stereocenters. The van der Waals surface area contributed by atoms with E-state index >= 15 is 0 Å². The first-order chi connectivity index (χ1) is 7.98. The molecule has 1 heterocycles. The van der Waals surface area contributed by atoms with Crippen molar-refractivity contribution in [3.63, 3.8) is 0 Å². The summed E-state index contributed by atoms with van der Waals surface area (Å²) in [6.45, 7) is 9.74. The third kappa shape index (κ3) is 3.23. The van der Waals surface area contributed by atoms with E-state index in [4.69, 9.17) is 5.73 Å². The van der Waals surface area contributed by atoms with Gasteiger partial charge in [0.1, 0.15) is 0 Å². The minimum absolute atomic E-state index is 0.461. The SMILES string of the molecule is CC(C)(C)C1CCCCC1N1CCC(N)CC1. The lowest BCUT2D eigenvalue weighted by Gasteiger charge is -2.47. The predicted molar refractivity (Wildman–Crippen MR) is 74.0 cm³/mol. The van der Waals surface area contributed by atoms with Crippen LogP contribution in [0, 0.1) is 11.3 Å². The fourth-order valence-electron chi connectivity index (χ4n) is 3.81. The van der Waals surface area contributed by atoms with Crippen molar-refractivity contribution in [2.75, 3.05) is 13.1 Å². The first kappa shape index (κ1) is 13.4. The van der Waals surface area contributed by atoms with Crippen LogP contribution in [-0.2, 0) is 0 Å². The minimum Gasteiger partial charge on any atom is -0.328 e. The Morgan fingerprint density at radius 3 is 2.12 bits per heavy atom. The fourth-order valence-corrected chi connectivity index (χ4v) is 3.81. The molecule has 2 aliphatic rings. The third-order valence-electron chi connectivity index (χ3n) is 4.89. The van der Waals surface area contributed by atoms with E-state index in [9.17, 15) is 0 Å². The molecule has 0 spiro atoms. The second-order valence-corrected chi connectivity index (χ2v) is 7.20. The van der Waals surface area contributed by atoms with E-state index in [1.807, 2.05) is 0 Å². The Morgan fingerprint density at radius 2 is 1.53 bits per heavy atom. The highest BCUT2D eigenvalue weighted by Crippen LogP contribution is 2.40. The smallest absolute Gasteiger partial charge is 0.0128 e. The molecular formula is C15H30N2. The van der Waals surface area contributed by atoms with Crippen molar-refractivity contribution in [2.24, 2.45) is 17.1 Å². The maximum Gasteiger partial charge on any atom is 0.0128 e. The topological polar surface area (TPSA) is 29.3 Å². The van der Waals surface area contributed by atoms with Gasteiger partial charge in [0, 0.05) is 12.1 Å². The van der Waals surface area contributed by atoms with E-state index in [0.29, 0.717) is 11.5 Å². The van der Waals surface area contributed by atoms with Crippen LogP contribution in [0.1, 0.15) is 59.3 Å². The van der Waals surface area contributed by atoms with Crippen LogP contribution in [0.3, 0.4) is 0 Å². The lowest BCUT2D eigenvalue weighted by Crippen LogP contribution is -2.51. The Bertz CT molecular complexity index is 236. The molecule has 1 aliphatic carbocycles. The van der Waals surface area contributed by atoms with Gasteiger partial charge in [-0.05, 0) is 50.1 Å². The van der Waals surface area contributed by atoms with Crippen molar-refractivity contribution in [1.29, 1.82) is 0 Å². The Labute approximate surface area is 107 Å². The van der Waals surface area contributed by atoms with E-state index < -0.39 is 0 Å². The van der Waals surface area contributed by atoms with Gasteiger partial charge in [0.15, 0.2) is 0 Å². The highest BCUT2D eigenvalue weighted by Gasteiger charge is 2.37. The summed E-state index contributed by atoms with van der Waals surface area (Å²) in [6, 6.07) is 1.29. The van der Waals surface area contributed by atoms with Crippen LogP contribution >= 0.6 is 0 Å². The van der Waals surface area contributed by atoms with Crippen molar-refractivity contribution < 1.29 is 0 Å². The van der Waals surface area contributed by atoms with Crippen LogP contribution in [0.4, 0.5) is 0 Å². The molecule has 0 aromatic heterocycles. The molecule has 0 radical (unpaired) electrons. The molecule has 2 fully saturated rings. The molecule has 2 unspecified atom stereocenters. The number of hydrogen-bond acceptors (Lipinski definition) is 2. The molecule has 1 aliphatic heterocycles. The number of nitrogens with zero attached hydrogens (tertiary/aromatic N) is 1. The van der Waals surface area contributed by atoms with E-state index in [-0.39, 0.29) is 0 Å². The number of piperidine rings is 1. The van der Waals surface area contributed by atoms with E-state index in [1.54, 1.807) is 0 Å². The van der Waals surface area contributed by atoms with Gasteiger partial charge in [-0.1, -0.05) is 33.6 Å². The van der Waals surface area contributed by atoms with Gasteiger partial charge in [0.05, 0.1) is 0 Å². The normalized spacial score (nSPS) is 33.9. The van der Waals surface area contributed by atoms with Gasteiger partial charge in [0.25, 0.3) is 0 Å². The maximum atomic E-state index is 6.02. The van der Waals surface area contributed by atoms with E-state index in [2.05, 4.69) is 25.7 Å². The molecule has 17 heavy (non-hydrogen) atoms. The molecule has 2 N–H and O–H groups in total. The highest BCUT2D eigenvalue weighted by molar-refractivity contribution is 4.91. The van der Waals surface area contributed by atoms with Gasteiger partial charge in [-0.25, -0.2) is 0 Å². The fraction of sp³-hybridized carbons (Fsp3) is 1.00. The van der Waals surface area contributed by atoms with Gasteiger partial charge in [-0.15, -0.1) is 0 Å². The number of likely N-dealkylation sites (tertiary alicyclic amines) is 1. The van der Waals surface area contributed by atoms with Gasteiger partial charge in [-0.3, -0.25) is 4.90 Å². The third-order valence-corrected chi connectivity index (χ3v) is 4.89. The summed E-state index contributed by atoms with van der Waals surface area (Å²) in [7, 11) is 0. The van der Waals surface area contributed by atoms with Crippen molar-refractivity contribution in [3.05, 3.63) is 0 Å². The van der Waals surface area contributed by atoms with Crippen LogP contribution < -0.4 is 5.73 Å². The summed E-state index contributed by atoms with van der Waals surface area (Å²) >= 11 is 0. The molecule has 0 aromatic carbocycles. The Kier molecular flexibility index (Phi) is 4.14. The zero-order valence-corrected chi connectivity index (χ0v) is 11.9. The summed E-state index contributed by atoms with van der Waals surface area (Å²) in [4.78, 5) is 2.75. The molecular weight excluding hydrogens is 208 g/mol. The zero-order chi connectivity index (χ0) is 12.5. The minimum atomic E-state index is 0.461. The molecule has 0 amide bonds. The highest BCUT2D eigenvalue weighted by atomic mass is 15.2. The second kappa shape index (κ2) is 5.27. The second-order valence-electron chi connectivity index (χ2n) is 7.20. The predicted octanol–water partition coefficient (Wildman–Crippen LogP) is 3.01. The van der Waals surface area contributed by atoms with Crippen LogP contribution in [0.2, 0.25) is 0 Å². The standard InChI is InChI=1S/C15H30N2/c1-15(2,3)13-6-4-5-7-14(13)17-10-8-12(16)9-11-17/h12-14H,4-11,16H2,1-3H3. The average Bonchev–Trinajstić information content (AvgIpc) is 2.29.